The highest BCUT2D eigenvalue weighted by Gasteiger charge is 2.48. The maximum absolute atomic E-state index is 14.9. The average molecular weight is 498 g/mol. The van der Waals surface area contributed by atoms with E-state index in [4.69, 9.17) is 21.1 Å². The number of nitrogens with one attached hydrogen (secondary N) is 2. The van der Waals surface area contributed by atoms with Crippen LogP contribution in [0.15, 0.2) is 18.5 Å². The smallest absolute Gasteiger partial charge is 0.410 e. The van der Waals surface area contributed by atoms with Gasteiger partial charge in [0.2, 0.25) is 11.8 Å². The van der Waals surface area contributed by atoms with Crippen molar-refractivity contribution in [2.24, 2.45) is 0 Å². The normalized spacial score (nSPS) is 18.2. The lowest BCUT2D eigenvalue weighted by Crippen LogP contribution is -2.51. The van der Waals surface area contributed by atoms with Crippen LogP contribution < -0.4 is 10.1 Å². The van der Waals surface area contributed by atoms with Crippen LogP contribution in [0.2, 0.25) is 5.15 Å². The minimum absolute atomic E-state index is 0.0659. The third-order valence-electron chi connectivity index (χ3n) is 5.19. The van der Waals surface area contributed by atoms with E-state index >= 15 is 0 Å². The number of carbonyl (C=O) groups is 1. The maximum atomic E-state index is 14.9. The zero-order chi connectivity index (χ0) is 24.7. The van der Waals surface area contributed by atoms with Gasteiger partial charge in [-0.15, -0.1) is 0 Å². The number of aromatic amines is 1. The molecule has 1 atom stereocenters. The van der Waals surface area contributed by atoms with Crippen LogP contribution in [0.4, 0.5) is 25.2 Å². The molecule has 0 aromatic carbocycles. The molecular weight excluding hydrogens is 472 g/mol. The van der Waals surface area contributed by atoms with Gasteiger partial charge >= 0.3 is 6.09 Å². The highest BCUT2D eigenvalue weighted by Crippen LogP contribution is 2.40. The van der Waals surface area contributed by atoms with Crippen molar-refractivity contribution in [2.45, 2.75) is 51.7 Å². The summed E-state index contributed by atoms with van der Waals surface area (Å²) in [7, 11) is 0. The maximum Gasteiger partial charge on any atom is 0.410 e. The lowest BCUT2D eigenvalue weighted by molar-refractivity contribution is -0.101. The minimum Gasteiger partial charge on any atom is -0.477 e. The number of aromatic nitrogens is 5. The zero-order valence-corrected chi connectivity index (χ0v) is 20.0. The van der Waals surface area contributed by atoms with Gasteiger partial charge in [-0.2, -0.15) is 15.1 Å². The Morgan fingerprint density at radius 3 is 2.85 bits per heavy atom. The molecule has 34 heavy (non-hydrogen) atoms. The fourth-order valence-corrected chi connectivity index (χ4v) is 3.87. The monoisotopic (exact) mass is 497 g/mol. The topological polar surface area (TPSA) is 110 Å². The van der Waals surface area contributed by atoms with Gasteiger partial charge in [-0.1, -0.05) is 11.6 Å². The zero-order valence-electron chi connectivity index (χ0n) is 19.2. The molecule has 0 aliphatic carbocycles. The summed E-state index contributed by atoms with van der Waals surface area (Å²) in [6, 6.07) is 0.319. The van der Waals surface area contributed by atoms with E-state index in [0.717, 1.165) is 4.68 Å². The molecule has 1 fully saturated rings. The second-order valence-corrected chi connectivity index (χ2v) is 9.26. The fraction of sp³-hybridized carbons (Fsp3) is 0.524. The third-order valence-corrected chi connectivity index (χ3v) is 5.56. The van der Waals surface area contributed by atoms with Crippen molar-refractivity contribution in [3.63, 3.8) is 0 Å². The number of rotatable bonds is 5. The van der Waals surface area contributed by atoms with E-state index in [1.165, 1.54) is 11.1 Å². The predicted octanol–water partition coefficient (Wildman–Crippen LogP) is 4.77. The number of alkyl halides is 2. The first-order valence-corrected chi connectivity index (χ1v) is 11.2. The third kappa shape index (κ3) is 4.86. The fourth-order valence-electron chi connectivity index (χ4n) is 3.62. The number of piperidine rings is 1. The van der Waals surface area contributed by atoms with Crippen LogP contribution in [0.3, 0.4) is 0 Å². The van der Waals surface area contributed by atoms with Crippen molar-refractivity contribution in [1.29, 1.82) is 0 Å². The number of fused-ring (bicyclic) bond motifs is 1. The number of ether oxygens (including phenoxy) is 2. The first-order valence-electron chi connectivity index (χ1n) is 10.8. The molecule has 0 radical (unpaired) electrons. The Morgan fingerprint density at radius 2 is 2.15 bits per heavy atom. The molecule has 0 saturated carbocycles. The van der Waals surface area contributed by atoms with Crippen LogP contribution in [-0.2, 0) is 4.74 Å². The van der Waals surface area contributed by atoms with Crippen molar-refractivity contribution in [3.05, 3.63) is 23.6 Å². The number of carbonyl (C=O) groups excluding carboxylic acids is 1. The number of H-pyrrole nitrogens is 1. The molecule has 3 aromatic rings. The summed E-state index contributed by atoms with van der Waals surface area (Å²) in [5, 5.41) is 7.64. The van der Waals surface area contributed by atoms with Crippen LogP contribution in [0.25, 0.3) is 11.0 Å². The van der Waals surface area contributed by atoms with Crippen LogP contribution in [-0.4, -0.2) is 66.9 Å². The Bertz CT molecular complexity index is 1190. The van der Waals surface area contributed by atoms with E-state index in [9.17, 15) is 13.6 Å². The SMILES string of the molecule is CCOc1nc(Nc2cnn(C3CN(C(=O)OC(C)(C)C)CCC3(F)F)c2Cl)nc2[nH]ccc12. The molecule has 10 nitrogen and oxygen atoms in total. The van der Waals surface area contributed by atoms with E-state index < -0.39 is 30.1 Å². The molecule has 1 aliphatic heterocycles. The first-order chi connectivity index (χ1) is 16.0. The number of amides is 1. The van der Waals surface area contributed by atoms with Crippen LogP contribution in [0.5, 0.6) is 5.88 Å². The van der Waals surface area contributed by atoms with Gasteiger partial charge in [0.05, 0.1) is 30.4 Å². The molecule has 0 spiro atoms. The second-order valence-electron chi connectivity index (χ2n) is 8.90. The molecule has 1 saturated heterocycles. The van der Waals surface area contributed by atoms with Crippen molar-refractivity contribution < 1.29 is 23.0 Å². The van der Waals surface area contributed by atoms with E-state index in [1.807, 2.05) is 6.92 Å². The number of anilines is 2. The first kappa shape index (κ1) is 24.0. The van der Waals surface area contributed by atoms with Gasteiger partial charge in [-0.05, 0) is 33.8 Å². The summed E-state index contributed by atoms with van der Waals surface area (Å²) >= 11 is 6.44. The van der Waals surface area contributed by atoms with E-state index in [1.54, 1.807) is 33.0 Å². The van der Waals surface area contributed by atoms with E-state index in [-0.39, 0.29) is 29.9 Å². The molecular formula is C21H26ClF2N7O3. The van der Waals surface area contributed by atoms with Crippen LogP contribution in [0, 0.1) is 0 Å². The van der Waals surface area contributed by atoms with Crippen molar-refractivity contribution in [3.8, 4) is 5.88 Å². The summed E-state index contributed by atoms with van der Waals surface area (Å²) in [5.74, 6) is -2.61. The summed E-state index contributed by atoms with van der Waals surface area (Å²) in [5.41, 5.74) is 0.0320. The van der Waals surface area contributed by atoms with E-state index in [2.05, 4.69) is 25.4 Å². The summed E-state index contributed by atoms with van der Waals surface area (Å²) in [6.45, 7) is 6.95. The Hall–Kier alpha value is -3.15. The van der Waals surface area contributed by atoms with Gasteiger partial charge < -0.3 is 24.7 Å². The second kappa shape index (κ2) is 8.90. The van der Waals surface area contributed by atoms with Gasteiger partial charge in [-0.25, -0.2) is 18.3 Å². The number of nitrogens with zero attached hydrogens (tertiary/aromatic N) is 5. The summed E-state index contributed by atoms with van der Waals surface area (Å²) in [4.78, 5) is 25.4. The molecule has 1 unspecified atom stereocenters. The molecule has 1 aliphatic rings. The number of hydrogen-bond acceptors (Lipinski definition) is 7. The van der Waals surface area contributed by atoms with Gasteiger partial charge in [0.15, 0.2) is 5.15 Å². The minimum atomic E-state index is -3.13. The average Bonchev–Trinajstić information content (AvgIpc) is 3.34. The van der Waals surface area contributed by atoms with Crippen molar-refractivity contribution in [2.75, 3.05) is 25.0 Å². The number of halogens is 3. The Kier molecular flexibility index (Phi) is 6.28. The highest BCUT2D eigenvalue weighted by atomic mass is 35.5. The largest absolute Gasteiger partial charge is 0.477 e. The molecule has 4 rings (SSSR count). The number of hydrogen-bond donors (Lipinski definition) is 2. The molecule has 2 N–H and O–H groups in total. The molecule has 184 valence electrons. The van der Waals surface area contributed by atoms with Crippen LogP contribution >= 0.6 is 11.6 Å². The molecule has 0 bridgehead atoms. The van der Waals surface area contributed by atoms with Gasteiger partial charge in [-0.3, -0.25) is 0 Å². The predicted molar refractivity (Wildman–Crippen MR) is 122 cm³/mol. The quantitative estimate of drug-likeness (QED) is 0.522. The van der Waals surface area contributed by atoms with E-state index in [0.29, 0.717) is 23.5 Å². The Labute approximate surface area is 199 Å². The van der Waals surface area contributed by atoms with Gasteiger partial charge in [0.1, 0.15) is 17.3 Å². The standard InChI is InChI=1S/C21H26ClF2N7O3/c1-5-33-17-12-6-8-25-16(12)28-18(29-17)27-13-10-26-31(15(13)22)14-11-30(9-7-21(14,23)24)19(32)34-20(2,3)4/h6,8,10,14H,5,7,9,11H2,1-4H3,(H2,25,27,28,29). The molecule has 1 amide bonds. The van der Waals surface area contributed by atoms with Crippen molar-refractivity contribution >= 4 is 40.4 Å². The summed E-state index contributed by atoms with van der Waals surface area (Å²) < 4.78 is 41.6. The lowest BCUT2D eigenvalue weighted by Gasteiger charge is -2.38. The van der Waals surface area contributed by atoms with Crippen molar-refractivity contribution in [1.82, 2.24) is 29.6 Å². The Morgan fingerprint density at radius 1 is 1.38 bits per heavy atom. The Balaban J connectivity index is 1.58. The molecule has 13 heteroatoms. The lowest BCUT2D eigenvalue weighted by atomic mass is 10.0. The van der Waals surface area contributed by atoms with Gasteiger partial charge in [0, 0.05) is 19.2 Å². The number of likely N-dealkylation sites (tertiary alicyclic amines) is 1. The molecule has 4 heterocycles. The molecule has 3 aromatic heterocycles. The van der Waals surface area contributed by atoms with Gasteiger partial charge in [0.25, 0.3) is 5.92 Å². The highest BCUT2D eigenvalue weighted by molar-refractivity contribution is 6.32. The van der Waals surface area contributed by atoms with Crippen LogP contribution in [0.1, 0.15) is 40.2 Å². The summed E-state index contributed by atoms with van der Waals surface area (Å²) in [6.07, 6.45) is 1.82.